The first-order chi connectivity index (χ1) is 8.74. The van der Waals surface area contributed by atoms with E-state index in [2.05, 4.69) is 0 Å². The first-order valence-corrected chi connectivity index (χ1v) is 8.10. The largest absolute Gasteiger partial charge is 0.360 e. The minimum absolute atomic E-state index is 0.107. The molecule has 0 aliphatic carbocycles. The summed E-state index contributed by atoms with van der Waals surface area (Å²) in [6.45, 7) is 5.87. The fourth-order valence-corrected chi connectivity index (χ4v) is 4.82. The third-order valence-corrected chi connectivity index (χ3v) is 5.64. The van der Waals surface area contributed by atoms with E-state index in [0.29, 0.717) is 17.2 Å². The van der Waals surface area contributed by atoms with Crippen LogP contribution in [-0.4, -0.2) is 31.1 Å². The van der Waals surface area contributed by atoms with Gasteiger partial charge in [-0.25, -0.2) is 8.42 Å². The highest BCUT2D eigenvalue weighted by Gasteiger charge is 2.45. The molecule has 1 aromatic rings. The maximum Gasteiger partial charge on any atom is 0.221 e. The van der Waals surface area contributed by atoms with Crippen molar-refractivity contribution in [2.45, 2.75) is 38.3 Å². The van der Waals surface area contributed by atoms with Crippen LogP contribution in [0.15, 0.2) is 24.3 Å². The maximum absolute atomic E-state index is 12.6. The van der Waals surface area contributed by atoms with E-state index in [-0.39, 0.29) is 5.75 Å². The van der Waals surface area contributed by atoms with Crippen LogP contribution in [0.1, 0.15) is 26.3 Å². The lowest BCUT2D eigenvalue weighted by Gasteiger charge is -2.31. The third-order valence-electron chi connectivity index (χ3n) is 3.20. The maximum atomic E-state index is 12.6. The number of hydrogen-bond acceptors (Lipinski definition) is 3. The summed E-state index contributed by atoms with van der Waals surface area (Å²) in [4.78, 5) is 0. The van der Waals surface area contributed by atoms with Gasteiger partial charge in [-0.1, -0.05) is 29.8 Å². The molecular weight excluding hydrogens is 286 g/mol. The molecule has 0 amide bonds. The van der Waals surface area contributed by atoms with Crippen LogP contribution in [0.5, 0.6) is 0 Å². The molecule has 1 aliphatic heterocycles. The van der Waals surface area contributed by atoms with Crippen LogP contribution in [0.3, 0.4) is 0 Å². The minimum Gasteiger partial charge on any atom is -0.360 e. The molecule has 1 fully saturated rings. The van der Waals surface area contributed by atoms with Gasteiger partial charge in [-0.2, -0.15) is 4.31 Å². The number of benzene rings is 1. The van der Waals surface area contributed by atoms with Gasteiger partial charge < -0.3 is 4.74 Å². The van der Waals surface area contributed by atoms with Gasteiger partial charge in [0, 0.05) is 5.02 Å². The highest BCUT2D eigenvalue weighted by Crippen LogP contribution is 2.32. The lowest BCUT2D eigenvalue weighted by atomic mass is 10.1. The molecule has 0 N–H and O–H groups in total. The van der Waals surface area contributed by atoms with Crippen molar-refractivity contribution in [2.75, 3.05) is 6.61 Å². The van der Waals surface area contributed by atoms with Crippen molar-refractivity contribution in [3.8, 4) is 0 Å². The van der Waals surface area contributed by atoms with Gasteiger partial charge >= 0.3 is 0 Å². The number of rotatable bonds is 3. The van der Waals surface area contributed by atoms with E-state index in [1.807, 2.05) is 13.8 Å². The first-order valence-electron chi connectivity index (χ1n) is 6.11. The molecule has 6 heteroatoms. The van der Waals surface area contributed by atoms with Crippen LogP contribution >= 0.6 is 11.6 Å². The second-order valence-corrected chi connectivity index (χ2v) is 7.62. The summed E-state index contributed by atoms with van der Waals surface area (Å²) in [6, 6.07) is 6.99. The lowest BCUT2D eigenvalue weighted by Crippen LogP contribution is -2.47. The van der Waals surface area contributed by atoms with E-state index in [1.165, 1.54) is 4.31 Å². The predicted octanol–water partition coefficient (Wildman–Crippen LogP) is 2.63. The molecule has 0 saturated carbocycles. The Kier molecular flexibility index (Phi) is 3.93. The zero-order valence-electron chi connectivity index (χ0n) is 11.3. The third kappa shape index (κ3) is 2.94. The van der Waals surface area contributed by atoms with Gasteiger partial charge in [0.1, 0.15) is 6.23 Å². The Morgan fingerprint density at radius 3 is 2.58 bits per heavy atom. The van der Waals surface area contributed by atoms with Crippen LogP contribution in [-0.2, 0) is 20.5 Å². The normalized spacial score (nSPS) is 23.7. The zero-order valence-corrected chi connectivity index (χ0v) is 12.8. The van der Waals surface area contributed by atoms with E-state index in [1.54, 1.807) is 31.2 Å². The van der Waals surface area contributed by atoms with Crippen molar-refractivity contribution in [3.63, 3.8) is 0 Å². The monoisotopic (exact) mass is 303 g/mol. The van der Waals surface area contributed by atoms with Gasteiger partial charge in [0.25, 0.3) is 0 Å². The molecular formula is C13H18ClNO3S. The van der Waals surface area contributed by atoms with Crippen molar-refractivity contribution in [1.82, 2.24) is 4.31 Å². The van der Waals surface area contributed by atoms with E-state index in [0.717, 1.165) is 0 Å². The summed E-state index contributed by atoms with van der Waals surface area (Å²) in [5.41, 5.74) is 0.0820. The van der Waals surface area contributed by atoms with Crippen LogP contribution in [0.25, 0.3) is 0 Å². The lowest BCUT2D eigenvalue weighted by molar-refractivity contribution is 0.0843. The summed E-state index contributed by atoms with van der Waals surface area (Å²) in [6.07, 6.45) is -0.442. The number of ether oxygens (including phenoxy) is 1. The Hall–Kier alpha value is -0.620. The second kappa shape index (κ2) is 5.05. The van der Waals surface area contributed by atoms with Crippen molar-refractivity contribution in [2.24, 2.45) is 0 Å². The Morgan fingerprint density at radius 1 is 1.42 bits per heavy atom. The Labute approximate surface area is 119 Å². The highest BCUT2D eigenvalue weighted by atomic mass is 35.5. The summed E-state index contributed by atoms with van der Waals surface area (Å²) in [5, 5.41) is 0.469. The molecule has 1 unspecified atom stereocenters. The Balaban J connectivity index is 2.31. The summed E-state index contributed by atoms with van der Waals surface area (Å²) >= 11 is 6.03. The number of sulfonamides is 1. The second-order valence-electron chi connectivity index (χ2n) is 5.37. The number of nitrogens with zero attached hydrogens (tertiary/aromatic N) is 1. The summed E-state index contributed by atoms with van der Waals surface area (Å²) in [5.74, 6) is -0.107. The average molecular weight is 304 g/mol. The molecule has 0 bridgehead atoms. The number of hydrogen-bond donors (Lipinski definition) is 0. The van der Waals surface area contributed by atoms with Crippen LogP contribution in [0.4, 0.5) is 0 Å². The molecule has 1 atom stereocenters. The van der Waals surface area contributed by atoms with E-state index < -0.39 is 21.8 Å². The van der Waals surface area contributed by atoms with Crippen LogP contribution in [0.2, 0.25) is 5.02 Å². The number of halogens is 1. The smallest absolute Gasteiger partial charge is 0.221 e. The van der Waals surface area contributed by atoms with Gasteiger partial charge in [0.05, 0.1) is 17.9 Å². The SMILES string of the molecule is CC1OCC(C)(C)N1S(=O)(=O)Cc1ccccc1Cl. The fraction of sp³-hybridized carbons (Fsp3) is 0.538. The van der Waals surface area contributed by atoms with E-state index in [4.69, 9.17) is 16.3 Å². The van der Waals surface area contributed by atoms with Crippen molar-refractivity contribution in [3.05, 3.63) is 34.9 Å². The molecule has 2 rings (SSSR count). The van der Waals surface area contributed by atoms with Crippen molar-refractivity contribution >= 4 is 21.6 Å². The predicted molar refractivity (Wildman–Crippen MR) is 75.4 cm³/mol. The van der Waals surface area contributed by atoms with E-state index >= 15 is 0 Å². The van der Waals surface area contributed by atoms with Gasteiger partial charge in [-0.15, -0.1) is 0 Å². The van der Waals surface area contributed by atoms with Crippen LogP contribution < -0.4 is 0 Å². The highest BCUT2D eigenvalue weighted by molar-refractivity contribution is 7.88. The molecule has 19 heavy (non-hydrogen) atoms. The molecule has 0 aromatic heterocycles. The Morgan fingerprint density at radius 2 is 2.05 bits per heavy atom. The van der Waals surface area contributed by atoms with E-state index in [9.17, 15) is 8.42 Å². The fourth-order valence-electron chi connectivity index (χ4n) is 2.43. The van der Waals surface area contributed by atoms with Gasteiger partial charge in [-0.05, 0) is 32.4 Å². The first kappa shape index (κ1) is 14.8. The average Bonchev–Trinajstić information content (AvgIpc) is 2.56. The Bertz CT molecular complexity index is 571. The molecule has 1 heterocycles. The van der Waals surface area contributed by atoms with Gasteiger partial charge in [-0.3, -0.25) is 0 Å². The molecule has 4 nitrogen and oxygen atoms in total. The topological polar surface area (TPSA) is 46.6 Å². The molecule has 0 radical (unpaired) electrons. The summed E-state index contributed by atoms with van der Waals surface area (Å²) < 4.78 is 32.0. The molecule has 1 saturated heterocycles. The van der Waals surface area contributed by atoms with Gasteiger partial charge in [0.2, 0.25) is 10.0 Å². The van der Waals surface area contributed by atoms with Crippen molar-refractivity contribution in [1.29, 1.82) is 0 Å². The van der Waals surface area contributed by atoms with Gasteiger partial charge in [0.15, 0.2) is 0 Å². The molecule has 1 aromatic carbocycles. The molecule has 106 valence electrons. The molecule has 0 spiro atoms. The zero-order chi connectivity index (χ0) is 14.3. The summed E-state index contributed by atoms with van der Waals surface area (Å²) in [7, 11) is -3.47. The molecule has 1 aliphatic rings. The van der Waals surface area contributed by atoms with Crippen LogP contribution in [0, 0.1) is 0 Å². The van der Waals surface area contributed by atoms with Crippen molar-refractivity contribution < 1.29 is 13.2 Å². The minimum atomic E-state index is -3.47. The standard InChI is InChI=1S/C13H18ClNO3S/c1-10-15(13(2,3)9-18-10)19(16,17)8-11-6-4-5-7-12(11)14/h4-7,10H,8-9H2,1-3H3. The quantitative estimate of drug-likeness (QED) is 0.862.